The highest BCUT2D eigenvalue weighted by Gasteiger charge is 2.67. The van der Waals surface area contributed by atoms with E-state index in [1.807, 2.05) is 26.0 Å². The van der Waals surface area contributed by atoms with Gasteiger partial charge in [-0.05, 0) is 61.6 Å². The smallest absolute Gasteiger partial charge is 0.309 e. The molecule has 154 valence electrons. The molecule has 0 heterocycles. The molecular weight excluding hydrogens is 348 g/mol. The normalized spacial score (nSPS) is 31.4. The van der Waals surface area contributed by atoms with Gasteiger partial charge in [-0.3, -0.25) is 4.79 Å². The number of hydrogen-bond acceptors (Lipinski definition) is 3. The minimum absolute atomic E-state index is 0.0246. The minimum atomic E-state index is -0.134. The summed E-state index contributed by atoms with van der Waals surface area (Å²) in [6, 6.07) is 8.32. The van der Waals surface area contributed by atoms with Gasteiger partial charge in [-0.15, -0.1) is 6.58 Å². The molecule has 0 unspecified atom stereocenters. The number of benzene rings is 1. The van der Waals surface area contributed by atoms with Crippen molar-refractivity contribution in [3.63, 3.8) is 0 Å². The molecule has 0 radical (unpaired) electrons. The molecule has 0 aliphatic heterocycles. The number of allylic oxidation sites excluding steroid dienone is 1. The Hall–Kier alpha value is -1.77. The van der Waals surface area contributed by atoms with Gasteiger partial charge in [0.05, 0.1) is 13.0 Å². The van der Waals surface area contributed by atoms with E-state index in [2.05, 4.69) is 39.5 Å². The molecule has 3 rings (SSSR count). The second kappa shape index (κ2) is 7.57. The number of methoxy groups -OCH3 is 1. The zero-order valence-electron chi connectivity index (χ0n) is 18.4. The molecule has 2 saturated carbocycles. The molecule has 0 spiro atoms. The zero-order valence-corrected chi connectivity index (χ0v) is 18.4. The second-order valence-electron chi connectivity index (χ2n) is 9.92. The van der Waals surface area contributed by atoms with Crippen molar-refractivity contribution in [2.24, 2.45) is 28.6 Å². The number of fused-ring (bicyclic) bond motifs is 2. The van der Waals surface area contributed by atoms with Gasteiger partial charge in [-0.1, -0.05) is 45.4 Å². The lowest BCUT2D eigenvalue weighted by Crippen LogP contribution is -2.42. The summed E-state index contributed by atoms with van der Waals surface area (Å²) >= 11 is 0. The quantitative estimate of drug-likeness (QED) is 0.439. The molecule has 5 atom stereocenters. The maximum Gasteiger partial charge on any atom is 0.309 e. The van der Waals surface area contributed by atoms with Crippen molar-refractivity contribution in [1.82, 2.24) is 0 Å². The summed E-state index contributed by atoms with van der Waals surface area (Å²) < 4.78 is 11.6. The first-order chi connectivity index (χ1) is 13.1. The van der Waals surface area contributed by atoms with Gasteiger partial charge >= 0.3 is 5.97 Å². The molecule has 1 aromatic rings. The third-order valence-corrected chi connectivity index (χ3v) is 7.84. The van der Waals surface area contributed by atoms with E-state index >= 15 is 0 Å². The third-order valence-electron chi connectivity index (χ3n) is 7.84. The van der Waals surface area contributed by atoms with Gasteiger partial charge in [0.25, 0.3) is 0 Å². The van der Waals surface area contributed by atoms with E-state index in [4.69, 9.17) is 9.47 Å². The molecule has 0 aromatic heterocycles. The van der Waals surface area contributed by atoms with Crippen LogP contribution in [-0.2, 0) is 16.0 Å². The number of esters is 1. The van der Waals surface area contributed by atoms with Crippen LogP contribution in [-0.4, -0.2) is 19.2 Å². The van der Waals surface area contributed by atoms with Crippen LogP contribution >= 0.6 is 0 Å². The number of carbonyl (C=O) groups excluding carboxylic acids is 1. The van der Waals surface area contributed by atoms with Crippen molar-refractivity contribution in [2.45, 2.75) is 66.4 Å². The van der Waals surface area contributed by atoms with Crippen LogP contribution < -0.4 is 4.74 Å². The maximum atomic E-state index is 12.9. The largest absolute Gasteiger partial charge is 0.497 e. The third kappa shape index (κ3) is 3.49. The van der Waals surface area contributed by atoms with Crippen molar-refractivity contribution in [3.05, 3.63) is 42.0 Å². The van der Waals surface area contributed by atoms with E-state index < -0.39 is 0 Å². The van der Waals surface area contributed by atoms with Crippen molar-refractivity contribution in [2.75, 3.05) is 7.11 Å². The molecular formula is C25H36O3. The molecule has 2 aliphatic rings. The van der Waals surface area contributed by atoms with Crippen molar-refractivity contribution < 1.29 is 14.3 Å². The Kier molecular flexibility index (Phi) is 5.67. The number of rotatable bonds is 7. The molecule has 2 fully saturated rings. The maximum absolute atomic E-state index is 12.9. The summed E-state index contributed by atoms with van der Waals surface area (Å²) in [6.07, 6.45) is 3.97. The number of ether oxygens (including phenoxy) is 2. The standard InChI is InChI=1S/C25H36O3/c1-16(2)14-17(3)23(26)28-22-20(15-18-8-10-19(27-7)11-9-18)21-12-13-25(22,6)24(21,4)5/h8-11,17,20-22H,1,12-15H2,2-7H3/t17-,20-,21+,22+,25-/m0/s1. The lowest BCUT2D eigenvalue weighted by atomic mass is 9.70. The minimum Gasteiger partial charge on any atom is -0.497 e. The molecule has 3 heteroatoms. The van der Waals surface area contributed by atoms with Crippen LogP contribution in [0.25, 0.3) is 0 Å². The van der Waals surface area contributed by atoms with Gasteiger partial charge in [0, 0.05) is 11.3 Å². The highest BCUT2D eigenvalue weighted by atomic mass is 16.5. The van der Waals surface area contributed by atoms with E-state index in [-0.39, 0.29) is 28.8 Å². The highest BCUT2D eigenvalue weighted by Crippen LogP contribution is 2.69. The van der Waals surface area contributed by atoms with Gasteiger partial charge < -0.3 is 9.47 Å². The van der Waals surface area contributed by atoms with Crippen molar-refractivity contribution in [1.29, 1.82) is 0 Å². The van der Waals surface area contributed by atoms with E-state index in [0.717, 1.165) is 24.2 Å². The van der Waals surface area contributed by atoms with Gasteiger partial charge in [-0.25, -0.2) is 0 Å². The van der Waals surface area contributed by atoms with Gasteiger partial charge in [0.15, 0.2) is 0 Å². The summed E-state index contributed by atoms with van der Waals surface area (Å²) in [5.41, 5.74) is 2.52. The van der Waals surface area contributed by atoms with E-state index in [1.165, 1.54) is 12.0 Å². The Labute approximate surface area is 170 Å². The average molecular weight is 385 g/mol. The Balaban J connectivity index is 1.83. The topological polar surface area (TPSA) is 35.5 Å². The monoisotopic (exact) mass is 384 g/mol. The van der Waals surface area contributed by atoms with E-state index in [1.54, 1.807) is 7.11 Å². The molecule has 0 amide bonds. The summed E-state index contributed by atoms with van der Waals surface area (Å²) in [5, 5.41) is 0. The Morgan fingerprint density at radius 3 is 2.46 bits per heavy atom. The van der Waals surface area contributed by atoms with Gasteiger partial charge in [-0.2, -0.15) is 0 Å². The summed E-state index contributed by atoms with van der Waals surface area (Å²) in [7, 11) is 1.69. The second-order valence-corrected chi connectivity index (χ2v) is 9.92. The predicted molar refractivity (Wildman–Crippen MR) is 113 cm³/mol. The molecule has 1 aromatic carbocycles. The fraction of sp³-hybridized carbons (Fsp3) is 0.640. The Bertz CT molecular complexity index is 733. The first kappa shape index (κ1) is 21.0. The summed E-state index contributed by atoms with van der Waals surface area (Å²) in [5.74, 6) is 1.61. The average Bonchev–Trinajstić information content (AvgIpc) is 2.95. The Morgan fingerprint density at radius 1 is 1.25 bits per heavy atom. The van der Waals surface area contributed by atoms with Crippen LogP contribution in [0.2, 0.25) is 0 Å². The van der Waals surface area contributed by atoms with Gasteiger partial charge in [0.2, 0.25) is 0 Å². The lowest BCUT2D eigenvalue weighted by Gasteiger charge is -2.40. The zero-order chi connectivity index (χ0) is 20.7. The fourth-order valence-electron chi connectivity index (χ4n) is 5.85. The summed E-state index contributed by atoms with van der Waals surface area (Å²) in [4.78, 5) is 12.9. The number of carbonyl (C=O) groups is 1. The molecule has 28 heavy (non-hydrogen) atoms. The molecule has 2 aliphatic carbocycles. The first-order valence-corrected chi connectivity index (χ1v) is 10.6. The fourth-order valence-corrected chi connectivity index (χ4v) is 5.85. The van der Waals surface area contributed by atoms with Crippen LogP contribution in [0.15, 0.2) is 36.4 Å². The first-order valence-electron chi connectivity index (χ1n) is 10.6. The van der Waals surface area contributed by atoms with Crippen LogP contribution in [0.3, 0.4) is 0 Å². The summed E-state index contributed by atoms with van der Waals surface area (Å²) in [6.45, 7) is 15.0. The molecule has 3 nitrogen and oxygen atoms in total. The van der Waals surface area contributed by atoms with Crippen LogP contribution in [0.1, 0.15) is 59.4 Å². The Morgan fingerprint density at radius 2 is 1.89 bits per heavy atom. The van der Waals surface area contributed by atoms with Gasteiger partial charge in [0.1, 0.15) is 11.9 Å². The van der Waals surface area contributed by atoms with E-state index in [0.29, 0.717) is 18.3 Å². The molecule has 0 saturated heterocycles. The van der Waals surface area contributed by atoms with Crippen molar-refractivity contribution in [3.8, 4) is 5.75 Å². The lowest BCUT2D eigenvalue weighted by molar-refractivity contribution is -0.165. The predicted octanol–water partition coefficient (Wildman–Crippen LogP) is 5.82. The number of hydrogen-bond donors (Lipinski definition) is 0. The van der Waals surface area contributed by atoms with Crippen LogP contribution in [0, 0.1) is 28.6 Å². The van der Waals surface area contributed by atoms with Crippen LogP contribution in [0.4, 0.5) is 0 Å². The van der Waals surface area contributed by atoms with Crippen molar-refractivity contribution >= 4 is 5.97 Å². The highest BCUT2D eigenvalue weighted by molar-refractivity contribution is 5.72. The molecule has 2 bridgehead atoms. The van der Waals surface area contributed by atoms with Crippen LogP contribution in [0.5, 0.6) is 5.75 Å². The SMILES string of the molecule is C=C(C)C[C@H](C)C(=O)O[C@@H]1[C@@H](Cc2ccc(OC)cc2)[C@H]2CC[C@]1(C)C2(C)C. The van der Waals surface area contributed by atoms with E-state index in [9.17, 15) is 4.79 Å². The molecule has 0 N–H and O–H groups in total.